The second kappa shape index (κ2) is 8.28. The number of allylic oxidation sites excluding steroid dienone is 1. The van der Waals surface area contributed by atoms with Crippen molar-refractivity contribution in [2.45, 2.75) is 25.5 Å². The predicted octanol–water partition coefficient (Wildman–Crippen LogP) is 4.38. The van der Waals surface area contributed by atoms with E-state index in [0.29, 0.717) is 21.9 Å². The molecule has 0 aliphatic carbocycles. The number of thioether (sulfide) groups is 1. The molecule has 0 unspecified atom stereocenters. The second-order valence-corrected chi connectivity index (χ2v) is 8.27. The molecule has 3 aromatic rings. The Bertz CT molecular complexity index is 1130. The lowest BCUT2D eigenvalue weighted by molar-refractivity contribution is 0.102. The molecule has 28 heavy (non-hydrogen) atoms. The monoisotopic (exact) mass is 418 g/mol. The molecule has 5 nitrogen and oxygen atoms in total. The molecule has 3 rings (SSSR count). The lowest BCUT2D eigenvalue weighted by Gasteiger charge is -2.10. The van der Waals surface area contributed by atoms with Crippen molar-refractivity contribution in [3.8, 4) is 5.75 Å². The van der Waals surface area contributed by atoms with E-state index in [1.807, 2.05) is 13.8 Å². The van der Waals surface area contributed by atoms with Crippen molar-refractivity contribution in [3.05, 3.63) is 63.0 Å². The van der Waals surface area contributed by atoms with Gasteiger partial charge in [0.15, 0.2) is 22.5 Å². The molecule has 0 atom stereocenters. The fraction of sp³-hybridized carbons (Fsp3) is 0.250. The normalized spacial score (nSPS) is 11.0. The molecule has 0 aliphatic rings. The summed E-state index contributed by atoms with van der Waals surface area (Å²) in [5.74, 6) is -0.736. The minimum absolute atomic E-state index is 0.0319. The summed E-state index contributed by atoms with van der Waals surface area (Å²) >= 11 is 2.62. The Morgan fingerprint density at radius 2 is 2.18 bits per heavy atom. The van der Waals surface area contributed by atoms with Crippen molar-refractivity contribution in [2.24, 2.45) is 0 Å². The maximum Gasteiger partial charge on any atom is 0.263 e. The molecule has 1 aromatic carbocycles. The number of fused-ring (bicyclic) bond motifs is 1. The minimum atomic E-state index is -0.592. The highest BCUT2D eigenvalue weighted by atomic mass is 32.2. The highest BCUT2D eigenvalue weighted by molar-refractivity contribution is 7.99. The molecule has 8 heteroatoms. The molecule has 0 N–H and O–H groups in total. The Hall–Kier alpha value is -2.45. The van der Waals surface area contributed by atoms with E-state index in [2.05, 4.69) is 11.6 Å². The summed E-state index contributed by atoms with van der Waals surface area (Å²) in [6, 6.07) is 4.09. The highest BCUT2D eigenvalue weighted by Crippen LogP contribution is 2.29. The number of thiophene rings is 1. The molecule has 0 amide bonds. The lowest BCUT2D eigenvalue weighted by atomic mass is 10.1. The van der Waals surface area contributed by atoms with E-state index in [1.54, 1.807) is 6.08 Å². The van der Waals surface area contributed by atoms with Crippen LogP contribution in [0.25, 0.3) is 10.2 Å². The van der Waals surface area contributed by atoms with Crippen molar-refractivity contribution >= 4 is 39.1 Å². The Balaban J connectivity index is 1.92. The van der Waals surface area contributed by atoms with Crippen LogP contribution in [0.3, 0.4) is 0 Å². The average Bonchev–Trinajstić information content (AvgIpc) is 2.96. The first-order valence-corrected chi connectivity index (χ1v) is 10.3. The van der Waals surface area contributed by atoms with Crippen molar-refractivity contribution in [3.63, 3.8) is 0 Å². The number of methoxy groups -OCH3 is 1. The van der Waals surface area contributed by atoms with Gasteiger partial charge in [0.05, 0.1) is 18.2 Å². The van der Waals surface area contributed by atoms with Crippen molar-refractivity contribution in [2.75, 3.05) is 12.9 Å². The first kappa shape index (κ1) is 20.3. The van der Waals surface area contributed by atoms with Crippen molar-refractivity contribution in [1.82, 2.24) is 9.55 Å². The van der Waals surface area contributed by atoms with Crippen LogP contribution in [-0.4, -0.2) is 28.2 Å². The molecule has 2 aromatic heterocycles. The van der Waals surface area contributed by atoms with E-state index < -0.39 is 5.82 Å². The van der Waals surface area contributed by atoms with Crippen LogP contribution in [-0.2, 0) is 6.54 Å². The number of aryl methyl sites for hydroxylation is 2. The van der Waals surface area contributed by atoms with Crippen LogP contribution in [0.5, 0.6) is 5.75 Å². The molecular formula is C20H19FN2O3S2. The summed E-state index contributed by atoms with van der Waals surface area (Å²) in [6.45, 7) is 7.85. The molecule has 0 spiro atoms. The van der Waals surface area contributed by atoms with Crippen molar-refractivity contribution in [1.29, 1.82) is 0 Å². The number of benzene rings is 1. The van der Waals surface area contributed by atoms with Crippen LogP contribution in [0.15, 0.2) is 40.8 Å². The zero-order valence-corrected chi connectivity index (χ0v) is 17.4. The van der Waals surface area contributed by atoms with Gasteiger partial charge in [-0.05, 0) is 37.6 Å². The SMILES string of the molecule is C=CCn1c(SCC(=O)c2ccc(OC)c(F)c2)nc2sc(C)c(C)c2c1=O. The largest absolute Gasteiger partial charge is 0.494 e. The summed E-state index contributed by atoms with van der Waals surface area (Å²) in [5, 5.41) is 1.05. The van der Waals surface area contributed by atoms with Gasteiger partial charge in [0, 0.05) is 17.0 Å². The number of Topliss-reactive ketones (excluding diaryl/α,β-unsaturated/α-hetero) is 1. The Morgan fingerprint density at radius 1 is 1.43 bits per heavy atom. The van der Waals surface area contributed by atoms with E-state index in [4.69, 9.17) is 4.74 Å². The van der Waals surface area contributed by atoms with Crippen molar-refractivity contribution < 1.29 is 13.9 Å². The topological polar surface area (TPSA) is 61.2 Å². The van der Waals surface area contributed by atoms with Gasteiger partial charge in [0.2, 0.25) is 0 Å². The van der Waals surface area contributed by atoms with Gasteiger partial charge in [-0.2, -0.15) is 0 Å². The lowest BCUT2D eigenvalue weighted by Crippen LogP contribution is -2.23. The van der Waals surface area contributed by atoms with Crippen LogP contribution in [0.1, 0.15) is 20.8 Å². The molecule has 2 heterocycles. The first-order chi connectivity index (χ1) is 13.4. The van der Waals surface area contributed by atoms with Crippen LogP contribution >= 0.6 is 23.1 Å². The van der Waals surface area contributed by atoms with E-state index in [-0.39, 0.29) is 28.4 Å². The minimum Gasteiger partial charge on any atom is -0.494 e. The maximum atomic E-state index is 13.9. The molecular weight excluding hydrogens is 399 g/mol. The number of carbonyl (C=O) groups excluding carboxylic acids is 1. The van der Waals surface area contributed by atoms with Gasteiger partial charge >= 0.3 is 0 Å². The molecule has 0 saturated carbocycles. The average molecular weight is 419 g/mol. The Kier molecular flexibility index (Phi) is 6.00. The first-order valence-electron chi connectivity index (χ1n) is 8.48. The highest BCUT2D eigenvalue weighted by Gasteiger charge is 2.18. The maximum absolute atomic E-state index is 13.9. The number of halogens is 1. The number of nitrogens with zero attached hydrogens (tertiary/aromatic N) is 2. The number of hydrogen-bond donors (Lipinski definition) is 0. The molecule has 0 radical (unpaired) electrons. The number of carbonyl (C=O) groups is 1. The van der Waals surface area contributed by atoms with E-state index in [1.165, 1.54) is 35.1 Å². The Labute approximate surface area is 169 Å². The Morgan fingerprint density at radius 3 is 2.82 bits per heavy atom. The van der Waals surface area contributed by atoms with Gasteiger partial charge in [0.1, 0.15) is 4.83 Å². The number of ether oxygens (including phenoxy) is 1. The summed E-state index contributed by atoms with van der Waals surface area (Å²) in [5.41, 5.74) is 1.03. The van der Waals surface area contributed by atoms with Gasteiger partial charge in [-0.3, -0.25) is 14.2 Å². The molecule has 0 saturated heterocycles. The van der Waals surface area contributed by atoms with Crippen LogP contribution in [0.2, 0.25) is 0 Å². The number of hydrogen-bond acceptors (Lipinski definition) is 6. The zero-order chi connectivity index (χ0) is 20.4. The van der Waals surface area contributed by atoms with Crippen LogP contribution in [0, 0.1) is 19.7 Å². The molecule has 0 bridgehead atoms. The number of rotatable bonds is 7. The van der Waals surface area contributed by atoms with Gasteiger partial charge in [-0.1, -0.05) is 17.8 Å². The smallest absolute Gasteiger partial charge is 0.263 e. The third kappa shape index (κ3) is 3.74. The predicted molar refractivity (Wildman–Crippen MR) is 112 cm³/mol. The third-order valence-corrected chi connectivity index (χ3v) is 6.45. The third-order valence-electron chi connectivity index (χ3n) is 4.37. The van der Waals surface area contributed by atoms with E-state index >= 15 is 0 Å². The second-order valence-electron chi connectivity index (χ2n) is 6.12. The molecule has 146 valence electrons. The molecule has 0 fully saturated rings. The fourth-order valence-electron chi connectivity index (χ4n) is 2.76. The quantitative estimate of drug-likeness (QED) is 0.247. The van der Waals surface area contributed by atoms with E-state index in [9.17, 15) is 14.0 Å². The molecule has 0 aliphatic heterocycles. The van der Waals surface area contributed by atoms with Gasteiger partial charge in [-0.25, -0.2) is 9.37 Å². The van der Waals surface area contributed by atoms with Crippen LogP contribution < -0.4 is 10.3 Å². The summed E-state index contributed by atoms with van der Waals surface area (Å²) in [7, 11) is 1.37. The van der Waals surface area contributed by atoms with E-state index in [0.717, 1.165) is 28.3 Å². The number of ketones is 1. The summed E-state index contributed by atoms with van der Waals surface area (Å²) in [4.78, 5) is 31.7. The summed E-state index contributed by atoms with van der Waals surface area (Å²) in [6.07, 6.45) is 1.62. The van der Waals surface area contributed by atoms with Crippen LogP contribution in [0.4, 0.5) is 4.39 Å². The summed E-state index contributed by atoms with van der Waals surface area (Å²) < 4.78 is 20.2. The van der Waals surface area contributed by atoms with Gasteiger partial charge < -0.3 is 4.74 Å². The standard InChI is InChI=1S/C20H19FN2O3S2/c1-5-8-23-19(25)17-11(2)12(3)28-18(17)22-20(23)27-10-15(24)13-6-7-16(26-4)14(21)9-13/h5-7,9H,1,8,10H2,2-4H3. The fourth-order valence-corrected chi connectivity index (χ4v) is 4.74. The zero-order valence-electron chi connectivity index (χ0n) is 15.7. The van der Waals surface area contributed by atoms with Gasteiger partial charge in [0.25, 0.3) is 5.56 Å². The van der Waals surface area contributed by atoms with Gasteiger partial charge in [-0.15, -0.1) is 17.9 Å². The number of aromatic nitrogens is 2.